The summed E-state index contributed by atoms with van der Waals surface area (Å²) >= 11 is 0. The predicted octanol–water partition coefficient (Wildman–Crippen LogP) is 3.78. The van der Waals surface area contributed by atoms with E-state index in [4.69, 9.17) is 0 Å². The Morgan fingerprint density at radius 1 is 1.21 bits per heavy atom. The van der Waals surface area contributed by atoms with Crippen molar-refractivity contribution < 1.29 is 17.9 Å². The van der Waals surface area contributed by atoms with Crippen molar-refractivity contribution >= 4 is 10.9 Å². The van der Waals surface area contributed by atoms with Gasteiger partial charge in [0.05, 0.1) is 12.1 Å². The van der Waals surface area contributed by atoms with Crippen LogP contribution in [0.3, 0.4) is 0 Å². The average Bonchev–Trinajstić information content (AvgIpc) is 2.77. The lowest BCUT2D eigenvalue weighted by atomic mass is 10.1. The number of aryl methyl sites for hydroxylation is 1. The van der Waals surface area contributed by atoms with E-state index in [9.17, 15) is 13.2 Å². The molecule has 0 amide bonds. The summed E-state index contributed by atoms with van der Waals surface area (Å²) < 4.78 is 42.5. The van der Waals surface area contributed by atoms with Gasteiger partial charge in [0.2, 0.25) is 0 Å². The Balaban J connectivity index is 2.05. The molecule has 0 aliphatic rings. The van der Waals surface area contributed by atoms with Crippen LogP contribution in [0.15, 0.2) is 30.5 Å². The highest BCUT2D eigenvalue weighted by atomic mass is 19.4. The molecule has 1 aromatic carbocycles. The van der Waals surface area contributed by atoms with Crippen molar-refractivity contribution in [2.45, 2.75) is 26.1 Å². The third-order valence-electron chi connectivity index (χ3n) is 3.00. The van der Waals surface area contributed by atoms with Gasteiger partial charge in [-0.1, -0.05) is 25.1 Å². The zero-order valence-corrected chi connectivity index (χ0v) is 10.7. The van der Waals surface area contributed by atoms with Gasteiger partial charge in [0.1, 0.15) is 6.61 Å². The van der Waals surface area contributed by atoms with E-state index in [2.05, 4.69) is 11.7 Å². The smallest absolute Gasteiger partial charge is 0.370 e. The van der Waals surface area contributed by atoms with Gasteiger partial charge in [0, 0.05) is 12.7 Å². The van der Waals surface area contributed by atoms with E-state index in [1.807, 2.05) is 35.0 Å². The Bertz CT molecular complexity index is 545. The van der Waals surface area contributed by atoms with Gasteiger partial charge in [0.15, 0.2) is 0 Å². The molecular weight excluding hydrogens is 255 g/mol. The summed E-state index contributed by atoms with van der Waals surface area (Å²) in [5.74, 6) is 0. The molecule has 2 nitrogen and oxygen atoms in total. The number of hydrogen-bond acceptors (Lipinski definition) is 1. The van der Waals surface area contributed by atoms with E-state index in [1.54, 1.807) is 0 Å². The number of halogens is 3. The second kappa shape index (κ2) is 5.65. The third-order valence-corrected chi connectivity index (χ3v) is 3.00. The molecule has 19 heavy (non-hydrogen) atoms. The highest BCUT2D eigenvalue weighted by molar-refractivity contribution is 5.83. The molecule has 104 valence electrons. The number of rotatable bonds is 5. The molecule has 1 aromatic heterocycles. The first kappa shape index (κ1) is 13.9. The van der Waals surface area contributed by atoms with Gasteiger partial charge in [-0.2, -0.15) is 13.2 Å². The molecule has 0 bridgehead atoms. The van der Waals surface area contributed by atoms with Crippen LogP contribution >= 0.6 is 0 Å². The van der Waals surface area contributed by atoms with Crippen molar-refractivity contribution in [1.82, 2.24) is 4.57 Å². The molecule has 2 rings (SSSR count). The summed E-state index contributed by atoms with van der Waals surface area (Å²) in [4.78, 5) is 0. The van der Waals surface area contributed by atoms with Crippen molar-refractivity contribution in [3.05, 3.63) is 36.0 Å². The van der Waals surface area contributed by atoms with Crippen LogP contribution in [0.1, 0.15) is 12.5 Å². The first-order valence-electron chi connectivity index (χ1n) is 6.22. The van der Waals surface area contributed by atoms with Crippen LogP contribution in [-0.2, 0) is 17.7 Å². The fourth-order valence-corrected chi connectivity index (χ4v) is 2.16. The molecule has 0 N–H and O–H groups in total. The van der Waals surface area contributed by atoms with Gasteiger partial charge in [-0.15, -0.1) is 0 Å². The van der Waals surface area contributed by atoms with Crippen LogP contribution in [-0.4, -0.2) is 24.0 Å². The second-order valence-corrected chi connectivity index (χ2v) is 4.39. The lowest BCUT2D eigenvalue weighted by Gasteiger charge is -2.10. The summed E-state index contributed by atoms with van der Waals surface area (Å²) in [5, 5.41) is 1.11. The minimum absolute atomic E-state index is 0.0569. The fraction of sp³-hybridized carbons (Fsp3) is 0.429. The number of hydrogen-bond donors (Lipinski definition) is 0. The Morgan fingerprint density at radius 2 is 2.00 bits per heavy atom. The molecule has 0 saturated carbocycles. The SMILES string of the molecule is CCc1cccc2ccn(CCOCC(F)(F)F)c12. The van der Waals surface area contributed by atoms with E-state index >= 15 is 0 Å². The van der Waals surface area contributed by atoms with Gasteiger partial charge in [-0.05, 0) is 23.4 Å². The molecule has 2 aromatic rings. The number of alkyl halides is 3. The maximum absolute atomic E-state index is 12.0. The maximum atomic E-state index is 12.0. The van der Waals surface area contributed by atoms with Crippen molar-refractivity contribution in [3.63, 3.8) is 0 Å². The standard InChI is InChI=1S/C14H16F3NO/c1-2-11-4-3-5-12-6-7-18(13(11)12)8-9-19-10-14(15,16)17/h3-7H,2,8-10H2,1H3. The van der Waals surface area contributed by atoms with Crippen LogP contribution in [0, 0.1) is 0 Å². The maximum Gasteiger partial charge on any atom is 0.411 e. The third kappa shape index (κ3) is 3.50. The van der Waals surface area contributed by atoms with E-state index < -0.39 is 12.8 Å². The molecular formula is C14H16F3NO. The fourth-order valence-electron chi connectivity index (χ4n) is 2.16. The zero-order chi connectivity index (χ0) is 13.9. The van der Waals surface area contributed by atoms with Crippen molar-refractivity contribution in [1.29, 1.82) is 0 Å². The number of aromatic nitrogens is 1. The van der Waals surface area contributed by atoms with Crippen LogP contribution < -0.4 is 0 Å². The summed E-state index contributed by atoms with van der Waals surface area (Å²) in [6.07, 6.45) is -1.47. The number of fused-ring (bicyclic) bond motifs is 1. The average molecular weight is 271 g/mol. The minimum Gasteiger partial charge on any atom is -0.370 e. The van der Waals surface area contributed by atoms with Gasteiger partial charge in [-0.25, -0.2) is 0 Å². The number of benzene rings is 1. The molecule has 0 unspecified atom stereocenters. The largest absolute Gasteiger partial charge is 0.411 e. The second-order valence-electron chi connectivity index (χ2n) is 4.39. The molecule has 0 aliphatic carbocycles. The van der Waals surface area contributed by atoms with Gasteiger partial charge in [0.25, 0.3) is 0 Å². The molecule has 0 spiro atoms. The molecule has 0 fully saturated rings. The summed E-state index contributed by atoms with van der Waals surface area (Å²) in [5.41, 5.74) is 2.28. The Morgan fingerprint density at radius 3 is 2.68 bits per heavy atom. The Labute approximate surface area is 109 Å². The normalized spacial score (nSPS) is 12.2. The van der Waals surface area contributed by atoms with Gasteiger partial charge >= 0.3 is 6.18 Å². The highest BCUT2D eigenvalue weighted by Gasteiger charge is 2.27. The van der Waals surface area contributed by atoms with Crippen LogP contribution in [0.4, 0.5) is 13.2 Å². The molecule has 0 radical (unpaired) electrons. The predicted molar refractivity (Wildman–Crippen MR) is 68.2 cm³/mol. The van der Waals surface area contributed by atoms with Crippen molar-refractivity contribution in [2.75, 3.05) is 13.2 Å². The lowest BCUT2D eigenvalue weighted by molar-refractivity contribution is -0.174. The summed E-state index contributed by atoms with van der Waals surface area (Å²) in [6.45, 7) is 1.36. The number of ether oxygens (including phenoxy) is 1. The van der Waals surface area contributed by atoms with Gasteiger partial charge in [-0.3, -0.25) is 0 Å². The monoisotopic (exact) mass is 271 g/mol. The molecule has 0 aliphatic heterocycles. The van der Waals surface area contributed by atoms with Crippen molar-refractivity contribution in [2.24, 2.45) is 0 Å². The van der Waals surface area contributed by atoms with Crippen LogP contribution in [0.5, 0.6) is 0 Å². The molecule has 0 saturated heterocycles. The van der Waals surface area contributed by atoms with Crippen LogP contribution in [0.2, 0.25) is 0 Å². The van der Waals surface area contributed by atoms with E-state index in [0.29, 0.717) is 6.54 Å². The van der Waals surface area contributed by atoms with Gasteiger partial charge < -0.3 is 9.30 Å². The summed E-state index contributed by atoms with van der Waals surface area (Å²) in [6, 6.07) is 8.00. The Hall–Kier alpha value is -1.49. The Kier molecular flexibility index (Phi) is 4.14. The zero-order valence-electron chi connectivity index (χ0n) is 10.7. The molecule has 0 atom stereocenters. The quantitative estimate of drug-likeness (QED) is 0.755. The molecule has 1 heterocycles. The highest BCUT2D eigenvalue weighted by Crippen LogP contribution is 2.21. The minimum atomic E-state index is -4.26. The molecule has 5 heteroatoms. The van der Waals surface area contributed by atoms with Crippen molar-refractivity contribution in [3.8, 4) is 0 Å². The number of nitrogens with zero attached hydrogens (tertiary/aromatic N) is 1. The van der Waals surface area contributed by atoms with E-state index in [-0.39, 0.29) is 6.61 Å². The van der Waals surface area contributed by atoms with E-state index in [0.717, 1.165) is 17.3 Å². The van der Waals surface area contributed by atoms with E-state index in [1.165, 1.54) is 5.56 Å². The first-order valence-corrected chi connectivity index (χ1v) is 6.22. The summed E-state index contributed by atoms with van der Waals surface area (Å²) in [7, 11) is 0. The number of para-hydroxylation sites is 1. The lowest BCUT2D eigenvalue weighted by Crippen LogP contribution is -2.18. The first-order chi connectivity index (χ1) is 9.01. The topological polar surface area (TPSA) is 14.2 Å². The van der Waals surface area contributed by atoms with Crippen LogP contribution in [0.25, 0.3) is 10.9 Å².